The summed E-state index contributed by atoms with van der Waals surface area (Å²) >= 11 is 6.12. The maximum Gasteiger partial charge on any atom is 0.255 e. The Morgan fingerprint density at radius 2 is 2.11 bits per heavy atom. The molecule has 2 aromatic heterocycles. The van der Waals surface area contributed by atoms with E-state index >= 15 is 0 Å². The molecule has 0 amide bonds. The van der Waals surface area contributed by atoms with Crippen LogP contribution in [0.4, 0.5) is 5.82 Å². The Bertz CT molecular complexity index is 618. The third-order valence-electron chi connectivity index (χ3n) is 3.05. The minimum absolute atomic E-state index is 0.442. The van der Waals surface area contributed by atoms with Gasteiger partial charge in [0.25, 0.3) is 5.78 Å². The molecule has 1 aliphatic rings. The van der Waals surface area contributed by atoms with E-state index < -0.39 is 10.8 Å². The molecule has 0 radical (unpaired) electrons. The smallest absolute Gasteiger partial charge is 0.255 e. The standard InChI is InChI=1S/C10H12ClN5OS/c1-7-8(11)14-10-12-6-13-16(10)9(7)15-2-4-18(17)5-3-15/h6H,2-5H2,1H3. The molecule has 0 aliphatic carbocycles. The molecule has 8 heteroatoms. The van der Waals surface area contributed by atoms with Gasteiger partial charge in [0.05, 0.1) is 0 Å². The highest BCUT2D eigenvalue weighted by Gasteiger charge is 2.22. The lowest BCUT2D eigenvalue weighted by molar-refractivity contribution is 0.670. The van der Waals surface area contributed by atoms with Crippen LogP contribution in [0, 0.1) is 6.92 Å². The van der Waals surface area contributed by atoms with E-state index in [2.05, 4.69) is 20.0 Å². The molecule has 6 nitrogen and oxygen atoms in total. The molecule has 0 aromatic carbocycles. The van der Waals surface area contributed by atoms with Gasteiger partial charge in [0.15, 0.2) is 0 Å². The SMILES string of the molecule is Cc1c(Cl)nc2ncnn2c1N1CCS(=O)CC1. The Labute approximate surface area is 111 Å². The molecule has 0 N–H and O–H groups in total. The van der Waals surface area contributed by atoms with Crippen molar-refractivity contribution in [2.45, 2.75) is 6.92 Å². The van der Waals surface area contributed by atoms with Crippen molar-refractivity contribution in [3.63, 3.8) is 0 Å². The van der Waals surface area contributed by atoms with Crippen LogP contribution in [0.1, 0.15) is 5.56 Å². The van der Waals surface area contributed by atoms with Crippen LogP contribution in [0.3, 0.4) is 0 Å². The van der Waals surface area contributed by atoms with E-state index in [0.717, 1.165) is 24.5 Å². The van der Waals surface area contributed by atoms with E-state index in [1.807, 2.05) is 6.92 Å². The Hall–Kier alpha value is -1.21. The molecule has 3 rings (SSSR count). The fraction of sp³-hybridized carbons (Fsp3) is 0.500. The molecule has 0 atom stereocenters. The first-order valence-electron chi connectivity index (χ1n) is 5.62. The quantitative estimate of drug-likeness (QED) is 0.720. The summed E-state index contributed by atoms with van der Waals surface area (Å²) in [5.74, 6) is 2.75. The van der Waals surface area contributed by atoms with Crippen LogP contribution < -0.4 is 4.90 Å². The van der Waals surface area contributed by atoms with Gasteiger partial charge in [-0.05, 0) is 6.92 Å². The predicted octanol–water partition coefficient (Wildman–Crippen LogP) is 0.655. The number of aromatic nitrogens is 4. The third kappa shape index (κ3) is 1.87. The van der Waals surface area contributed by atoms with Gasteiger partial charge in [-0.25, -0.2) is 0 Å². The minimum Gasteiger partial charge on any atom is -0.354 e. The summed E-state index contributed by atoms with van der Waals surface area (Å²) in [5.41, 5.74) is 0.877. The summed E-state index contributed by atoms with van der Waals surface area (Å²) < 4.78 is 13.1. The van der Waals surface area contributed by atoms with Gasteiger partial charge in [-0.3, -0.25) is 4.21 Å². The molecule has 0 spiro atoms. The molecule has 96 valence electrons. The number of hydrogen-bond acceptors (Lipinski definition) is 5. The zero-order chi connectivity index (χ0) is 12.7. The van der Waals surface area contributed by atoms with Crippen molar-refractivity contribution < 1.29 is 4.21 Å². The van der Waals surface area contributed by atoms with E-state index in [1.54, 1.807) is 4.52 Å². The summed E-state index contributed by atoms with van der Waals surface area (Å²) in [6, 6.07) is 0. The van der Waals surface area contributed by atoms with E-state index in [9.17, 15) is 4.21 Å². The Balaban J connectivity index is 2.12. The van der Waals surface area contributed by atoms with Gasteiger partial charge in [0.2, 0.25) is 0 Å². The zero-order valence-electron chi connectivity index (χ0n) is 9.84. The maximum atomic E-state index is 11.4. The second-order valence-electron chi connectivity index (χ2n) is 4.16. The number of anilines is 1. The van der Waals surface area contributed by atoms with Crippen LogP contribution >= 0.6 is 11.6 Å². The second kappa shape index (κ2) is 4.47. The van der Waals surface area contributed by atoms with Crippen LogP contribution in [0.2, 0.25) is 5.15 Å². The van der Waals surface area contributed by atoms with Gasteiger partial charge >= 0.3 is 0 Å². The Morgan fingerprint density at radius 3 is 2.83 bits per heavy atom. The molecule has 18 heavy (non-hydrogen) atoms. The molecule has 0 saturated carbocycles. The van der Waals surface area contributed by atoms with Gasteiger partial charge in [-0.2, -0.15) is 19.6 Å². The van der Waals surface area contributed by atoms with E-state index in [0.29, 0.717) is 22.4 Å². The zero-order valence-corrected chi connectivity index (χ0v) is 11.4. The lowest BCUT2D eigenvalue weighted by atomic mass is 10.3. The molecule has 1 aliphatic heterocycles. The highest BCUT2D eigenvalue weighted by molar-refractivity contribution is 7.85. The van der Waals surface area contributed by atoms with Gasteiger partial charge in [0, 0.05) is 41.0 Å². The lowest BCUT2D eigenvalue weighted by Gasteiger charge is -2.29. The van der Waals surface area contributed by atoms with Crippen molar-refractivity contribution in [1.82, 2.24) is 19.6 Å². The largest absolute Gasteiger partial charge is 0.354 e. The van der Waals surface area contributed by atoms with Crippen molar-refractivity contribution in [2.75, 3.05) is 29.5 Å². The topological polar surface area (TPSA) is 63.4 Å². The van der Waals surface area contributed by atoms with Crippen LogP contribution in [0.5, 0.6) is 0 Å². The highest BCUT2D eigenvalue weighted by atomic mass is 35.5. The summed E-state index contributed by atoms with van der Waals surface area (Å²) in [7, 11) is -0.706. The summed E-state index contributed by atoms with van der Waals surface area (Å²) in [6.45, 7) is 3.39. The number of nitrogens with zero attached hydrogens (tertiary/aromatic N) is 5. The van der Waals surface area contributed by atoms with Crippen LogP contribution in [0.25, 0.3) is 5.78 Å². The van der Waals surface area contributed by atoms with Crippen molar-refractivity contribution in [3.8, 4) is 0 Å². The lowest BCUT2D eigenvalue weighted by Crippen LogP contribution is -2.39. The first kappa shape index (κ1) is 11.9. The molecule has 0 unspecified atom stereocenters. The van der Waals surface area contributed by atoms with Crippen molar-refractivity contribution in [1.29, 1.82) is 0 Å². The Morgan fingerprint density at radius 1 is 1.39 bits per heavy atom. The first-order chi connectivity index (χ1) is 8.66. The van der Waals surface area contributed by atoms with Gasteiger partial charge in [0.1, 0.15) is 17.3 Å². The van der Waals surface area contributed by atoms with Crippen LogP contribution in [-0.2, 0) is 10.8 Å². The van der Waals surface area contributed by atoms with Gasteiger partial charge < -0.3 is 4.90 Å². The maximum absolute atomic E-state index is 11.4. The molecule has 1 saturated heterocycles. The van der Waals surface area contributed by atoms with E-state index in [-0.39, 0.29) is 0 Å². The number of fused-ring (bicyclic) bond motifs is 1. The van der Waals surface area contributed by atoms with Crippen LogP contribution in [-0.4, -0.2) is 48.4 Å². The highest BCUT2D eigenvalue weighted by Crippen LogP contribution is 2.26. The van der Waals surface area contributed by atoms with Crippen LogP contribution in [0.15, 0.2) is 6.33 Å². The average molecular weight is 286 g/mol. The van der Waals surface area contributed by atoms with E-state index in [4.69, 9.17) is 11.6 Å². The molecular formula is C10H12ClN5OS. The molecule has 3 heterocycles. The first-order valence-corrected chi connectivity index (χ1v) is 7.49. The average Bonchev–Trinajstić information content (AvgIpc) is 2.80. The number of rotatable bonds is 1. The Kier molecular flexibility index (Phi) is 2.95. The molecule has 1 fully saturated rings. The fourth-order valence-corrected chi connectivity index (χ4v) is 3.32. The normalized spacial score (nSPS) is 17.6. The summed E-state index contributed by atoms with van der Waals surface area (Å²) in [6.07, 6.45) is 1.46. The monoisotopic (exact) mass is 285 g/mol. The number of hydrogen-bond donors (Lipinski definition) is 0. The second-order valence-corrected chi connectivity index (χ2v) is 6.21. The van der Waals surface area contributed by atoms with Gasteiger partial charge in [-0.1, -0.05) is 11.6 Å². The van der Waals surface area contributed by atoms with Gasteiger partial charge in [-0.15, -0.1) is 0 Å². The number of halogens is 1. The summed E-state index contributed by atoms with van der Waals surface area (Å²) in [5, 5.41) is 4.62. The van der Waals surface area contributed by atoms with E-state index in [1.165, 1.54) is 6.33 Å². The molecule has 2 aromatic rings. The van der Waals surface area contributed by atoms with Crippen molar-refractivity contribution in [2.24, 2.45) is 0 Å². The van der Waals surface area contributed by atoms with Crippen molar-refractivity contribution >= 4 is 34.0 Å². The predicted molar refractivity (Wildman–Crippen MR) is 70.6 cm³/mol. The minimum atomic E-state index is -0.706. The molecular weight excluding hydrogens is 274 g/mol. The fourth-order valence-electron chi connectivity index (χ4n) is 2.10. The third-order valence-corrected chi connectivity index (χ3v) is 4.69. The molecule has 0 bridgehead atoms. The van der Waals surface area contributed by atoms with Crippen molar-refractivity contribution in [3.05, 3.63) is 17.0 Å². The summed E-state index contributed by atoms with van der Waals surface area (Å²) in [4.78, 5) is 10.4.